The number of hydrogen-bond acceptors (Lipinski definition) is 4. The van der Waals surface area contributed by atoms with Crippen LogP contribution in [-0.2, 0) is 17.8 Å². The third-order valence-corrected chi connectivity index (χ3v) is 4.89. The summed E-state index contributed by atoms with van der Waals surface area (Å²) in [4.78, 5) is 17.0. The lowest BCUT2D eigenvalue weighted by Crippen LogP contribution is -2.45. The molecular weight excluding hydrogens is 495 g/mol. The predicted octanol–water partition coefficient (Wildman–Crippen LogP) is 3.45. The molecule has 1 saturated heterocycles. The van der Waals surface area contributed by atoms with E-state index in [1.807, 2.05) is 31.2 Å². The minimum absolute atomic E-state index is 0. The number of carbonyl (C=O) groups is 1. The van der Waals surface area contributed by atoms with Gasteiger partial charge in [0.15, 0.2) is 5.96 Å². The molecule has 2 heterocycles. The highest BCUT2D eigenvalue weighted by Gasteiger charge is 2.29. The van der Waals surface area contributed by atoms with E-state index in [1.54, 1.807) is 18.4 Å². The van der Waals surface area contributed by atoms with Crippen molar-refractivity contribution in [3.8, 4) is 0 Å². The molecule has 0 spiro atoms. The van der Waals surface area contributed by atoms with E-state index in [4.69, 9.17) is 9.15 Å². The number of benzene rings is 1. The van der Waals surface area contributed by atoms with Gasteiger partial charge >= 0.3 is 0 Å². The molecule has 0 aliphatic carbocycles. The molecule has 1 aliphatic heterocycles. The first kappa shape index (κ1) is 24.2. The zero-order valence-corrected chi connectivity index (χ0v) is 19.9. The van der Waals surface area contributed by atoms with Crippen LogP contribution < -0.4 is 16.0 Å². The quantitative estimate of drug-likeness (QED) is 0.279. The van der Waals surface area contributed by atoms with E-state index >= 15 is 0 Å². The second kappa shape index (κ2) is 11.9. The lowest BCUT2D eigenvalue weighted by molar-refractivity contribution is 0.0243. The van der Waals surface area contributed by atoms with Crippen LogP contribution in [0.3, 0.4) is 0 Å². The molecule has 1 aliphatic rings. The van der Waals surface area contributed by atoms with Crippen molar-refractivity contribution in [1.29, 1.82) is 0 Å². The number of nitrogens with one attached hydrogen (secondary N) is 3. The van der Waals surface area contributed by atoms with Crippen molar-refractivity contribution >= 4 is 35.8 Å². The Balaban J connectivity index is 0.00000320. The minimum atomic E-state index is -0.137. The normalized spacial score (nSPS) is 18.5. The SMILES string of the molecule is CCNC(=NCc1cccc(C(=O)NCc2ccco2)c1)NCC1(C)CCCO1.I. The highest BCUT2D eigenvalue weighted by molar-refractivity contribution is 14.0. The number of hydrogen-bond donors (Lipinski definition) is 3. The number of aliphatic imine (C=N–C) groups is 1. The predicted molar refractivity (Wildman–Crippen MR) is 128 cm³/mol. The van der Waals surface area contributed by atoms with Gasteiger partial charge in [0.1, 0.15) is 5.76 Å². The van der Waals surface area contributed by atoms with Crippen molar-refractivity contribution < 1.29 is 13.9 Å². The van der Waals surface area contributed by atoms with Crippen molar-refractivity contribution in [2.75, 3.05) is 19.7 Å². The van der Waals surface area contributed by atoms with E-state index in [0.717, 1.165) is 43.3 Å². The van der Waals surface area contributed by atoms with E-state index < -0.39 is 0 Å². The molecule has 3 rings (SSSR count). The van der Waals surface area contributed by atoms with Crippen LogP contribution in [0.4, 0.5) is 0 Å². The molecule has 8 heteroatoms. The second-order valence-electron chi connectivity index (χ2n) is 7.41. The van der Waals surface area contributed by atoms with Gasteiger partial charge in [0.25, 0.3) is 5.91 Å². The lowest BCUT2D eigenvalue weighted by Gasteiger charge is -2.24. The van der Waals surface area contributed by atoms with Crippen molar-refractivity contribution in [2.45, 2.75) is 45.4 Å². The summed E-state index contributed by atoms with van der Waals surface area (Å²) in [7, 11) is 0. The molecule has 3 N–H and O–H groups in total. The summed E-state index contributed by atoms with van der Waals surface area (Å²) >= 11 is 0. The summed E-state index contributed by atoms with van der Waals surface area (Å²) in [6, 6.07) is 11.1. The van der Waals surface area contributed by atoms with Crippen LogP contribution in [0.1, 0.15) is 48.4 Å². The Morgan fingerprint density at radius 2 is 2.07 bits per heavy atom. The van der Waals surface area contributed by atoms with E-state index in [9.17, 15) is 4.79 Å². The first-order valence-electron chi connectivity index (χ1n) is 10.1. The Morgan fingerprint density at radius 3 is 2.77 bits per heavy atom. The largest absolute Gasteiger partial charge is 0.467 e. The van der Waals surface area contributed by atoms with Crippen LogP contribution in [0, 0.1) is 0 Å². The Hall–Kier alpha value is -2.07. The number of amides is 1. The average molecular weight is 526 g/mol. The first-order chi connectivity index (χ1) is 14.1. The molecule has 2 aromatic rings. The van der Waals surface area contributed by atoms with Gasteiger partial charge in [0.05, 0.1) is 25.0 Å². The molecule has 30 heavy (non-hydrogen) atoms. The molecule has 1 aromatic heterocycles. The second-order valence-corrected chi connectivity index (χ2v) is 7.41. The fraction of sp³-hybridized carbons (Fsp3) is 0.455. The van der Waals surface area contributed by atoms with Gasteiger partial charge in [-0.2, -0.15) is 0 Å². The standard InChI is InChI=1S/C22H30N4O3.HI/c1-3-23-21(26-16-22(2)10-6-12-29-22)25-14-17-7-4-8-18(13-17)20(27)24-15-19-9-5-11-28-19;/h4-5,7-9,11,13H,3,6,10,12,14-16H2,1-2H3,(H,24,27)(H2,23,25,26);1H. The number of carbonyl (C=O) groups excluding carboxylic acids is 1. The molecule has 1 fully saturated rings. The fourth-order valence-corrected chi connectivity index (χ4v) is 3.25. The molecular formula is C22H31IN4O3. The molecule has 7 nitrogen and oxygen atoms in total. The van der Waals surface area contributed by atoms with Crippen molar-refractivity contribution in [2.24, 2.45) is 4.99 Å². The summed E-state index contributed by atoms with van der Waals surface area (Å²) in [6.45, 7) is 7.32. The van der Waals surface area contributed by atoms with Crippen LogP contribution >= 0.6 is 24.0 Å². The van der Waals surface area contributed by atoms with Gasteiger partial charge in [-0.1, -0.05) is 12.1 Å². The van der Waals surface area contributed by atoms with Gasteiger partial charge < -0.3 is 25.1 Å². The Morgan fingerprint density at radius 1 is 1.20 bits per heavy atom. The molecule has 1 atom stereocenters. The fourth-order valence-electron chi connectivity index (χ4n) is 3.25. The van der Waals surface area contributed by atoms with Crippen molar-refractivity contribution in [3.05, 3.63) is 59.5 Å². The number of guanidine groups is 1. The summed E-state index contributed by atoms with van der Waals surface area (Å²) in [6.07, 6.45) is 3.74. The minimum Gasteiger partial charge on any atom is -0.467 e. The van der Waals surface area contributed by atoms with Crippen molar-refractivity contribution in [1.82, 2.24) is 16.0 Å². The van der Waals surface area contributed by atoms with Gasteiger partial charge in [0, 0.05) is 25.3 Å². The summed E-state index contributed by atoms with van der Waals surface area (Å²) in [5, 5.41) is 9.49. The zero-order valence-electron chi connectivity index (χ0n) is 17.6. The van der Waals surface area contributed by atoms with Crippen LogP contribution in [0.25, 0.3) is 0 Å². The Bertz CT molecular complexity index is 818. The summed E-state index contributed by atoms with van der Waals surface area (Å²) < 4.78 is 11.1. The maximum atomic E-state index is 12.4. The highest BCUT2D eigenvalue weighted by Crippen LogP contribution is 2.23. The Labute approximate surface area is 195 Å². The van der Waals surface area contributed by atoms with E-state index in [2.05, 4.69) is 27.9 Å². The number of nitrogens with zero attached hydrogens (tertiary/aromatic N) is 1. The molecule has 0 bridgehead atoms. The van der Waals surface area contributed by atoms with E-state index in [1.165, 1.54) is 0 Å². The van der Waals surface area contributed by atoms with Gasteiger partial charge in [-0.25, -0.2) is 4.99 Å². The monoisotopic (exact) mass is 526 g/mol. The van der Waals surface area contributed by atoms with Crippen LogP contribution in [0.15, 0.2) is 52.1 Å². The molecule has 1 aromatic carbocycles. The Kier molecular flexibility index (Phi) is 9.64. The van der Waals surface area contributed by atoms with Crippen LogP contribution in [0.5, 0.6) is 0 Å². The maximum Gasteiger partial charge on any atom is 0.251 e. The van der Waals surface area contributed by atoms with Gasteiger partial charge in [-0.05, 0) is 56.5 Å². The van der Waals surface area contributed by atoms with E-state index in [-0.39, 0.29) is 35.5 Å². The number of furan rings is 1. The van der Waals surface area contributed by atoms with E-state index in [0.29, 0.717) is 25.2 Å². The molecule has 164 valence electrons. The maximum absolute atomic E-state index is 12.4. The summed E-state index contributed by atoms with van der Waals surface area (Å²) in [5.74, 6) is 1.33. The lowest BCUT2D eigenvalue weighted by atomic mass is 10.0. The molecule has 0 radical (unpaired) electrons. The topological polar surface area (TPSA) is 87.9 Å². The average Bonchev–Trinajstić information content (AvgIpc) is 3.41. The third kappa shape index (κ3) is 7.32. The molecule has 1 unspecified atom stereocenters. The third-order valence-electron chi connectivity index (χ3n) is 4.89. The molecule has 1 amide bonds. The first-order valence-corrected chi connectivity index (χ1v) is 10.1. The van der Waals surface area contributed by atoms with Crippen molar-refractivity contribution in [3.63, 3.8) is 0 Å². The number of halogens is 1. The number of rotatable bonds is 8. The molecule has 0 saturated carbocycles. The number of ether oxygens (including phenoxy) is 1. The highest BCUT2D eigenvalue weighted by atomic mass is 127. The van der Waals surface area contributed by atoms with Crippen LogP contribution in [0.2, 0.25) is 0 Å². The van der Waals surface area contributed by atoms with Gasteiger partial charge in [-0.15, -0.1) is 24.0 Å². The zero-order chi connectivity index (χ0) is 20.5. The summed E-state index contributed by atoms with van der Waals surface area (Å²) in [5.41, 5.74) is 1.44. The van der Waals surface area contributed by atoms with Crippen LogP contribution in [-0.4, -0.2) is 37.2 Å². The smallest absolute Gasteiger partial charge is 0.251 e. The van der Waals surface area contributed by atoms with Gasteiger partial charge in [0.2, 0.25) is 0 Å². The van der Waals surface area contributed by atoms with Gasteiger partial charge in [-0.3, -0.25) is 4.79 Å².